The van der Waals surface area contributed by atoms with Gasteiger partial charge in [0.25, 0.3) is 0 Å². The lowest BCUT2D eigenvalue weighted by atomic mass is 10.7. The van der Waals surface area contributed by atoms with Gasteiger partial charge in [0, 0.05) is 6.26 Å². The van der Waals surface area contributed by atoms with Gasteiger partial charge in [-0.05, 0) is 15.9 Å². The fourth-order valence-electron chi connectivity index (χ4n) is 0.601. The summed E-state index contributed by atoms with van der Waals surface area (Å²) >= 11 is 8.71. The molecule has 0 fully saturated rings. The molecule has 5 nitrogen and oxygen atoms in total. The molecule has 0 saturated carbocycles. The van der Waals surface area contributed by atoms with E-state index >= 15 is 0 Å². The summed E-state index contributed by atoms with van der Waals surface area (Å²) in [5, 5.41) is 0.0880. The van der Waals surface area contributed by atoms with E-state index in [1.165, 1.54) is 12.5 Å². The van der Waals surface area contributed by atoms with Crippen LogP contribution in [-0.4, -0.2) is 25.3 Å². The number of rotatable bonds is 2. The van der Waals surface area contributed by atoms with Gasteiger partial charge in [-0.15, -0.1) is 10.8 Å². The van der Waals surface area contributed by atoms with E-state index in [-0.39, 0.29) is 11.0 Å². The number of nitrogens with zero attached hydrogens (tertiary/aromatic N) is 2. The number of hydrogen-bond acceptors (Lipinski definition) is 5. The van der Waals surface area contributed by atoms with Gasteiger partial charge in [0.15, 0.2) is 11.0 Å². The number of nitrogens with one attached hydrogen (secondary N) is 1. The van der Waals surface area contributed by atoms with Gasteiger partial charge in [-0.1, -0.05) is 25.4 Å². The molecular weight excluding hydrogens is 306 g/mol. The quantitative estimate of drug-likeness (QED) is 0.776. The Morgan fingerprint density at radius 3 is 2.47 bits per heavy atom. The second-order valence-electron chi connectivity index (χ2n) is 2.27. The van der Waals surface area contributed by atoms with Crippen molar-refractivity contribution in [3.05, 3.63) is 16.0 Å². The first-order chi connectivity index (χ1) is 6.88. The molecule has 0 spiro atoms. The normalized spacial score (nSPS) is 11.4. The molecule has 8 heteroatoms. The van der Waals surface area contributed by atoms with Crippen molar-refractivity contribution in [1.82, 2.24) is 9.97 Å². The van der Waals surface area contributed by atoms with Crippen LogP contribution < -0.4 is 4.72 Å². The maximum atomic E-state index is 9.07. The van der Waals surface area contributed by atoms with Crippen LogP contribution in [0.1, 0.15) is 13.8 Å². The Balaban J connectivity index is 0.000000921. The van der Waals surface area contributed by atoms with Crippen molar-refractivity contribution in [1.29, 1.82) is 0 Å². The molecule has 0 saturated heterocycles. The molecule has 1 rings (SSSR count). The maximum Gasteiger partial charge on any atom is 0.183 e. The second kappa shape index (κ2) is 6.49. The van der Waals surface area contributed by atoms with Gasteiger partial charge in [-0.25, -0.2) is 9.97 Å². The SMILES string of the molecule is CC.CS(O)(O)Nc1nc(Br)cnc1Cl. The molecular formula is C7H13BrClN3O2S. The Morgan fingerprint density at radius 1 is 1.47 bits per heavy atom. The Labute approximate surface area is 104 Å². The van der Waals surface area contributed by atoms with Crippen molar-refractivity contribution in [3.8, 4) is 0 Å². The highest BCUT2D eigenvalue weighted by Crippen LogP contribution is 2.35. The molecule has 1 aromatic heterocycles. The monoisotopic (exact) mass is 317 g/mol. The van der Waals surface area contributed by atoms with Crippen LogP contribution in [-0.2, 0) is 0 Å². The standard InChI is InChI=1S/C5H7BrClN3O2S.C2H6/c1-13(11,12)10-5-4(7)8-2-3(6)9-5;1-2/h2,11-12H,1H3,(H,9,10);1-2H3. The Kier molecular flexibility index (Phi) is 6.46. The third-order valence-electron chi connectivity index (χ3n) is 0.988. The summed E-state index contributed by atoms with van der Waals surface area (Å²) in [6, 6.07) is 0. The van der Waals surface area contributed by atoms with E-state index in [0.29, 0.717) is 4.60 Å². The minimum atomic E-state index is -2.87. The predicted octanol–water partition coefficient (Wildman–Crippen LogP) is 3.63. The summed E-state index contributed by atoms with van der Waals surface area (Å²) in [5.41, 5.74) is 0. The minimum absolute atomic E-state index is 0.0880. The van der Waals surface area contributed by atoms with Crippen molar-refractivity contribution >= 4 is 44.1 Å². The van der Waals surface area contributed by atoms with E-state index in [1.54, 1.807) is 0 Å². The third-order valence-corrected chi connectivity index (χ3v) is 2.23. The molecule has 0 amide bonds. The Bertz CT molecular complexity index is 322. The Morgan fingerprint density at radius 2 is 2.00 bits per heavy atom. The van der Waals surface area contributed by atoms with Crippen LogP contribution in [0.25, 0.3) is 0 Å². The minimum Gasteiger partial charge on any atom is -0.282 e. The molecule has 0 atom stereocenters. The van der Waals surface area contributed by atoms with E-state index < -0.39 is 10.8 Å². The second-order valence-corrected chi connectivity index (χ2v) is 5.31. The van der Waals surface area contributed by atoms with Crippen LogP contribution in [0, 0.1) is 0 Å². The molecule has 1 heterocycles. The van der Waals surface area contributed by atoms with E-state index in [1.807, 2.05) is 13.8 Å². The zero-order valence-electron chi connectivity index (χ0n) is 8.53. The highest BCUT2D eigenvalue weighted by atomic mass is 79.9. The first kappa shape index (κ1) is 14.9. The summed E-state index contributed by atoms with van der Waals surface area (Å²) in [6.07, 6.45) is 2.64. The van der Waals surface area contributed by atoms with Gasteiger partial charge in [-0.3, -0.25) is 13.8 Å². The van der Waals surface area contributed by atoms with Crippen LogP contribution in [0.4, 0.5) is 5.82 Å². The molecule has 88 valence electrons. The zero-order chi connectivity index (χ0) is 12.1. The van der Waals surface area contributed by atoms with Crippen molar-refractivity contribution in [2.24, 2.45) is 0 Å². The molecule has 1 aromatic rings. The zero-order valence-corrected chi connectivity index (χ0v) is 11.7. The largest absolute Gasteiger partial charge is 0.282 e. The lowest BCUT2D eigenvalue weighted by molar-refractivity contribution is 0.502. The van der Waals surface area contributed by atoms with Gasteiger partial charge < -0.3 is 0 Å². The van der Waals surface area contributed by atoms with Gasteiger partial charge >= 0.3 is 0 Å². The van der Waals surface area contributed by atoms with E-state index in [0.717, 1.165) is 0 Å². The van der Waals surface area contributed by atoms with Crippen LogP contribution in [0.2, 0.25) is 5.15 Å². The molecule has 0 aliphatic heterocycles. The van der Waals surface area contributed by atoms with E-state index in [2.05, 4.69) is 30.6 Å². The predicted molar refractivity (Wildman–Crippen MR) is 68.5 cm³/mol. The number of aromatic nitrogens is 2. The number of anilines is 1. The summed E-state index contributed by atoms with van der Waals surface area (Å²) < 4.78 is 21.0. The summed E-state index contributed by atoms with van der Waals surface area (Å²) in [7, 11) is -2.87. The highest BCUT2D eigenvalue weighted by molar-refractivity contribution is 9.10. The first-order valence-electron chi connectivity index (χ1n) is 4.07. The van der Waals surface area contributed by atoms with Crippen molar-refractivity contribution in [2.45, 2.75) is 13.8 Å². The molecule has 15 heavy (non-hydrogen) atoms. The van der Waals surface area contributed by atoms with Gasteiger partial charge in [0.05, 0.1) is 6.20 Å². The van der Waals surface area contributed by atoms with Crippen molar-refractivity contribution < 1.29 is 9.11 Å². The molecule has 0 aliphatic carbocycles. The fraction of sp³-hybridized carbons (Fsp3) is 0.429. The van der Waals surface area contributed by atoms with E-state index in [9.17, 15) is 0 Å². The lowest BCUT2D eigenvalue weighted by Crippen LogP contribution is -2.08. The molecule has 0 radical (unpaired) electrons. The van der Waals surface area contributed by atoms with E-state index in [4.69, 9.17) is 20.7 Å². The highest BCUT2D eigenvalue weighted by Gasteiger charge is 2.09. The Hall–Kier alpha value is -0.0800. The van der Waals surface area contributed by atoms with Gasteiger partial charge in [0.1, 0.15) is 4.60 Å². The van der Waals surface area contributed by atoms with Gasteiger partial charge in [-0.2, -0.15) is 0 Å². The van der Waals surface area contributed by atoms with Crippen LogP contribution in [0.15, 0.2) is 10.8 Å². The van der Waals surface area contributed by atoms with Gasteiger partial charge in [0.2, 0.25) is 0 Å². The van der Waals surface area contributed by atoms with Crippen LogP contribution in [0.5, 0.6) is 0 Å². The smallest absolute Gasteiger partial charge is 0.183 e. The number of hydrogen-bond donors (Lipinski definition) is 3. The topological polar surface area (TPSA) is 78.3 Å². The number of halogens is 2. The molecule has 0 bridgehead atoms. The summed E-state index contributed by atoms with van der Waals surface area (Å²) in [5.74, 6) is 0.138. The van der Waals surface area contributed by atoms with Crippen molar-refractivity contribution in [3.63, 3.8) is 0 Å². The molecule has 0 unspecified atom stereocenters. The third kappa shape index (κ3) is 6.16. The average Bonchev–Trinajstić information content (AvgIpc) is 2.12. The summed E-state index contributed by atoms with van der Waals surface area (Å²) in [4.78, 5) is 7.62. The molecule has 3 N–H and O–H groups in total. The molecule has 0 aromatic carbocycles. The summed E-state index contributed by atoms with van der Waals surface area (Å²) in [6.45, 7) is 4.00. The maximum absolute atomic E-state index is 9.07. The van der Waals surface area contributed by atoms with Crippen LogP contribution >= 0.6 is 38.3 Å². The fourth-order valence-corrected chi connectivity index (χ4v) is 1.58. The lowest BCUT2D eigenvalue weighted by Gasteiger charge is -2.27. The average molecular weight is 319 g/mol. The van der Waals surface area contributed by atoms with Crippen molar-refractivity contribution in [2.75, 3.05) is 11.0 Å². The first-order valence-corrected chi connectivity index (χ1v) is 7.20. The van der Waals surface area contributed by atoms with Crippen LogP contribution in [0.3, 0.4) is 0 Å². The molecule has 0 aliphatic rings.